The summed E-state index contributed by atoms with van der Waals surface area (Å²) in [5.74, 6) is 1.81. The summed E-state index contributed by atoms with van der Waals surface area (Å²) in [6.45, 7) is 6.86. The fraction of sp³-hybridized carbons (Fsp3) is 0.381. The quantitative estimate of drug-likeness (QED) is 0.661. The van der Waals surface area contributed by atoms with Crippen molar-refractivity contribution in [3.63, 3.8) is 0 Å². The number of amides is 1. The van der Waals surface area contributed by atoms with Crippen molar-refractivity contribution in [2.24, 2.45) is 11.8 Å². The van der Waals surface area contributed by atoms with E-state index in [4.69, 9.17) is 0 Å². The molecule has 1 amide bonds. The number of halogens is 1. The molecule has 0 saturated carbocycles. The van der Waals surface area contributed by atoms with E-state index in [9.17, 15) is 9.18 Å². The van der Waals surface area contributed by atoms with E-state index in [0.29, 0.717) is 30.6 Å². The summed E-state index contributed by atoms with van der Waals surface area (Å²) >= 11 is 0. The first-order valence-corrected chi connectivity index (χ1v) is 10.0. The van der Waals surface area contributed by atoms with Gasteiger partial charge < -0.3 is 9.80 Å². The van der Waals surface area contributed by atoms with Crippen molar-refractivity contribution < 1.29 is 9.18 Å². The van der Waals surface area contributed by atoms with Crippen molar-refractivity contribution in [3.05, 3.63) is 59.6 Å². The molecule has 2 aliphatic rings. The van der Waals surface area contributed by atoms with E-state index >= 15 is 0 Å². The second-order valence-corrected chi connectivity index (χ2v) is 8.03. The third-order valence-electron chi connectivity index (χ3n) is 5.87. The number of aromatic nitrogens is 5. The zero-order valence-electron chi connectivity index (χ0n) is 16.9. The van der Waals surface area contributed by atoms with Crippen LogP contribution in [0.3, 0.4) is 0 Å². The number of carbonyl (C=O) groups is 1. The minimum Gasteiger partial charge on any atom is -0.356 e. The first-order valence-electron chi connectivity index (χ1n) is 10.0. The van der Waals surface area contributed by atoms with Crippen LogP contribution in [0.1, 0.15) is 21.9 Å². The highest BCUT2D eigenvalue weighted by Crippen LogP contribution is 2.34. The summed E-state index contributed by atoms with van der Waals surface area (Å²) in [5.41, 5.74) is 1.72. The minimum absolute atomic E-state index is 0.184. The average molecular weight is 407 g/mol. The maximum absolute atomic E-state index is 13.9. The number of anilines is 1. The second kappa shape index (κ2) is 7.16. The van der Waals surface area contributed by atoms with Crippen molar-refractivity contribution in [3.8, 4) is 5.69 Å². The van der Waals surface area contributed by atoms with Gasteiger partial charge >= 0.3 is 0 Å². The highest BCUT2D eigenvalue weighted by atomic mass is 19.1. The van der Waals surface area contributed by atoms with Gasteiger partial charge in [-0.2, -0.15) is 15.0 Å². The molecule has 4 heterocycles. The second-order valence-electron chi connectivity index (χ2n) is 8.03. The molecule has 0 aliphatic carbocycles. The third kappa shape index (κ3) is 3.30. The van der Waals surface area contributed by atoms with Crippen LogP contribution >= 0.6 is 0 Å². The van der Waals surface area contributed by atoms with Gasteiger partial charge in [-0.05, 0) is 32.0 Å². The Balaban J connectivity index is 1.34. The van der Waals surface area contributed by atoms with Crippen molar-refractivity contribution in [2.75, 3.05) is 31.1 Å². The lowest BCUT2D eigenvalue weighted by Gasteiger charge is -2.23. The van der Waals surface area contributed by atoms with E-state index < -0.39 is 5.82 Å². The van der Waals surface area contributed by atoms with E-state index in [-0.39, 0.29) is 11.5 Å². The minimum atomic E-state index is -0.450. The molecule has 0 N–H and O–H groups in total. The van der Waals surface area contributed by atoms with Crippen LogP contribution < -0.4 is 4.90 Å². The number of likely N-dealkylation sites (tertiary alicyclic amines) is 1. The number of aryl methyl sites for hydroxylation is 2. The molecular weight excluding hydrogens is 385 g/mol. The maximum Gasteiger partial charge on any atom is 0.256 e. The van der Waals surface area contributed by atoms with Gasteiger partial charge in [-0.1, -0.05) is 0 Å². The Kier molecular flexibility index (Phi) is 4.45. The van der Waals surface area contributed by atoms with E-state index in [1.807, 2.05) is 24.8 Å². The average Bonchev–Trinajstić information content (AvgIpc) is 3.43. The molecule has 2 aliphatic heterocycles. The summed E-state index contributed by atoms with van der Waals surface area (Å²) in [4.78, 5) is 27.6. The van der Waals surface area contributed by atoms with Crippen LogP contribution in [0.2, 0.25) is 0 Å². The van der Waals surface area contributed by atoms with Gasteiger partial charge in [0.1, 0.15) is 17.5 Å². The molecule has 2 fully saturated rings. The predicted octanol–water partition coefficient (Wildman–Crippen LogP) is 2.02. The van der Waals surface area contributed by atoms with Crippen molar-refractivity contribution in [2.45, 2.75) is 13.8 Å². The Hall–Kier alpha value is -3.36. The summed E-state index contributed by atoms with van der Waals surface area (Å²) in [5, 5.41) is 8.19. The molecule has 9 heteroatoms. The Morgan fingerprint density at radius 2 is 1.70 bits per heavy atom. The van der Waals surface area contributed by atoms with E-state index in [2.05, 4.69) is 25.1 Å². The smallest absolute Gasteiger partial charge is 0.256 e. The fourth-order valence-corrected chi connectivity index (χ4v) is 4.57. The lowest BCUT2D eigenvalue weighted by molar-refractivity contribution is 0.0781. The molecule has 2 aromatic heterocycles. The number of nitrogens with zero attached hydrogens (tertiary/aromatic N) is 7. The van der Waals surface area contributed by atoms with E-state index in [1.165, 1.54) is 29.3 Å². The molecule has 0 bridgehead atoms. The molecule has 0 radical (unpaired) electrons. The maximum atomic E-state index is 13.9. The number of hydrogen-bond donors (Lipinski definition) is 0. The largest absolute Gasteiger partial charge is 0.356 e. The fourth-order valence-electron chi connectivity index (χ4n) is 4.57. The van der Waals surface area contributed by atoms with Gasteiger partial charge in [0.25, 0.3) is 5.91 Å². The molecule has 2 saturated heterocycles. The standard InChI is InChI=1S/C21H22FN7O/c1-13-7-20(26-14(2)25-13)27-9-15-11-28(12-16(15)10-27)21(30)18-8-17(22)3-4-19(18)29-23-5-6-24-29/h3-8,15-16H,9-12H2,1-2H3. The van der Waals surface area contributed by atoms with Gasteiger partial charge in [-0.25, -0.2) is 14.4 Å². The number of fused-ring (bicyclic) bond motifs is 1. The normalized spacial score (nSPS) is 20.6. The van der Waals surface area contributed by atoms with E-state index in [0.717, 1.165) is 30.4 Å². The van der Waals surface area contributed by atoms with Gasteiger partial charge in [0.2, 0.25) is 0 Å². The zero-order chi connectivity index (χ0) is 20.8. The highest BCUT2D eigenvalue weighted by molar-refractivity contribution is 5.98. The van der Waals surface area contributed by atoms with Crippen molar-refractivity contribution in [1.29, 1.82) is 0 Å². The van der Waals surface area contributed by atoms with E-state index in [1.54, 1.807) is 6.07 Å². The molecule has 154 valence electrons. The Labute approximate surface area is 173 Å². The topological polar surface area (TPSA) is 80.0 Å². The lowest BCUT2D eigenvalue weighted by atomic mass is 10.0. The molecule has 0 spiro atoms. The summed E-state index contributed by atoms with van der Waals surface area (Å²) < 4.78 is 13.9. The lowest BCUT2D eigenvalue weighted by Crippen LogP contribution is -2.34. The SMILES string of the molecule is Cc1cc(N2CC3CN(C(=O)c4cc(F)ccc4-n4nccn4)CC3C2)nc(C)n1. The Morgan fingerprint density at radius 1 is 1.00 bits per heavy atom. The molecular formula is C21H22FN7O. The van der Waals surface area contributed by atoms with Crippen LogP contribution in [-0.2, 0) is 0 Å². The molecule has 8 nitrogen and oxygen atoms in total. The predicted molar refractivity (Wildman–Crippen MR) is 108 cm³/mol. The summed E-state index contributed by atoms with van der Waals surface area (Å²) in [6.07, 6.45) is 3.06. The Bertz CT molecular complexity index is 1070. The molecule has 1 aromatic carbocycles. The monoisotopic (exact) mass is 407 g/mol. The molecule has 5 rings (SSSR count). The Morgan fingerprint density at radius 3 is 2.37 bits per heavy atom. The summed E-state index contributed by atoms with van der Waals surface area (Å²) in [7, 11) is 0. The molecule has 3 aromatic rings. The van der Waals surface area contributed by atoms with Gasteiger partial charge in [0.05, 0.1) is 23.6 Å². The first-order chi connectivity index (χ1) is 14.5. The first kappa shape index (κ1) is 18.7. The third-order valence-corrected chi connectivity index (χ3v) is 5.87. The van der Waals surface area contributed by atoms with Crippen LogP contribution in [0, 0.1) is 31.5 Å². The van der Waals surface area contributed by atoms with Crippen LogP contribution in [0.4, 0.5) is 10.2 Å². The van der Waals surface area contributed by atoms with Crippen LogP contribution in [0.25, 0.3) is 5.69 Å². The molecule has 2 unspecified atom stereocenters. The zero-order valence-corrected chi connectivity index (χ0v) is 16.9. The van der Waals surface area contributed by atoms with Crippen LogP contribution in [0.15, 0.2) is 36.7 Å². The number of benzene rings is 1. The van der Waals surface area contributed by atoms with Gasteiger partial charge in [-0.15, -0.1) is 0 Å². The number of rotatable bonds is 3. The van der Waals surface area contributed by atoms with Gasteiger partial charge in [0, 0.05) is 49.8 Å². The molecule has 2 atom stereocenters. The molecule has 30 heavy (non-hydrogen) atoms. The van der Waals surface area contributed by atoms with Crippen LogP contribution in [0.5, 0.6) is 0 Å². The highest BCUT2D eigenvalue weighted by Gasteiger charge is 2.42. The van der Waals surface area contributed by atoms with Gasteiger partial charge in [-0.3, -0.25) is 4.79 Å². The van der Waals surface area contributed by atoms with Crippen molar-refractivity contribution in [1.82, 2.24) is 29.9 Å². The number of carbonyl (C=O) groups excluding carboxylic acids is 1. The summed E-state index contributed by atoms with van der Waals surface area (Å²) in [6, 6.07) is 6.14. The van der Waals surface area contributed by atoms with Gasteiger partial charge in [0.15, 0.2) is 0 Å². The van der Waals surface area contributed by atoms with Crippen LogP contribution in [-0.4, -0.2) is 61.9 Å². The van der Waals surface area contributed by atoms with Crippen molar-refractivity contribution >= 4 is 11.7 Å². The number of hydrogen-bond acceptors (Lipinski definition) is 6.